The maximum Gasteiger partial charge on any atom is 0.293 e. The van der Waals surface area contributed by atoms with Gasteiger partial charge >= 0.3 is 0 Å². The summed E-state index contributed by atoms with van der Waals surface area (Å²) in [5, 5.41) is 4.13. The average molecular weight is 191 g/mol. The van der Waals surface area contributed by atoms with Crippen LogP contribution in [-0.4, -0.2) is 15.7 Å². The molecule has 1 amide bonds. The monoisotopic (exact) mass is 191 g/mol. The van der Waals surface area contributed by atoms with Crippen molar-refractivity contribution in [1.82, 2.24) is 9.78 Å². The quantitative estimate of drug-likeness (QED) is 0.606. The van der Waals surface area contributed by atoms with E-state index in [4.69, 9.17) is 5.73 Å². The van der Waals surface area contributed by atoms with Gasteiger partial charge in [-0.1, -0.05) is 5.92 Å². The van der Waals surface area contributed by atoms with E-state index in [1.807, 2.05) is 20.8 Å². The lowest BCUT2D eigenvalue weighted by molar-refractivity contribution is -0.112. The van der Waals surface area contributed by atoms with Gasteiger partial charge in [0.2, 0.25) is 0 Å². The molecule has 0 unspecified atom stereocenters. The summed E-state index contributed by atoms with van der Waals surface area (Å²) in [6.07, 6.45) is 3.40. The van der Waals surface area contributed by atoms with Crippen LogP contribution in [0.3, 0.4) is 0 Å². The fraction of sp³-hybridized carbons (Fsp3) is 0.400. The molecule has 2 N–H and O–H groups in total. The van der Waals surface area contributed by atoms with E-state index in [2.05, 4.69) is 16.9 Å². The minimum absolute atomic E-state index is 0.0767. The average Bonchev–Trinajstić information content (AvgIpc) is 2.47. The van der Waals surface area contributed by atoms with Crippen molar-refractivity contribution in [1.29, 1.82) is 0 Å². The van der Waals surface area contributed by atoms with E-state index in [0.717, 1.165) is 0 Å². The number of nitrogens with zero attached hydrogens (tertiary/aromatic N) is 2. The molecule has 1 aromatic heterocycles. The molecule has 0 aromatic carbocycles. The van der Waals surface area contributed by atoms with Gasteiger partial charge in [-0.2, -0.15) is 5.10 Å². The van der Waals surface area contributed by atoms with E-state index in [9.17, 15) is 4.79 Å². The van der Waals surface area contributed by atoms with Crippen LogP contribution in [0.1, 0.15) is 26.3 Å². The number of hydrogen-bond donors (Lipinski definition) is 1. The van der Waals surface area contributed by atoms with Gasteiger partial charge in [-0.05, 0) is 20.8 Å². The fourth-order valence-electron chi connectivity index (χ4n) is 0.888. The molecular formula is C10H13N3O. The molecule has 74 valence electrons. The summed E-state index contributed by atoms with van der Waals surface area (Å²) in [6.45, 7) is 6.10. The normalized spacial score (nSPS) is 10.5. The first-order valence-electron chi connectivity index (χ1n) is 4.26. The van der Waals surface area contributed by atoms with E-state index in [1.165, 1.54) is 0 Å². The number of nitrogens with two attached hydrogens (primary N) is 1. The van der Waals surface area contributed by atoms with Gasteiger partial charge in [0, 0.05) is 12.1 Å². The Morgan fingerprint density at radius 1 is 1.57 bits per heavy atom. The molecule has 0 radical (unpaired) electrons. The number of primary amides is 1. The van der Waals surface area contributed by atoms with Crippen molar-refractivity contribution in [2.24, 2.45) is 5.73 Å². The first-order valence-corrected chi connectivity index (χ1v) is 4.26. The summed E-state index contributed by atoms with van der Waals surface area (Å²) in [5.74, 6) is 4.26. The molecule has 14 heavy (non-hydrogen) atoms. The van der Waals surface area contributed by atoms with Crippen LogP contribution in [0.5, 0.6) is 0 Å². The summed E-state index contributed by atoms with van der Waals surface area (Å²) in [6, 6.07) is 0. The van der Waals surface area contributed by atoms with Crippen molar-refractivity contribution in [2.45, 2.75) is 26.3 Å². The van der Waals surface area contributed by atoms with Crippen LogP contribution in [0.4, 0.5) is 0 Å². The molecule has 0 saturated heterocycles. The Balaban J connectivity index is 2.91. The minimum atomic E-state index is -0.631. The van der Waals surface area contributed by atoms with E-state index in [-0.39, 0.29) is 5.54 Å². The van der Waals surface area contributed by atoms with Gasteiger partial charge in [0.15, 0.2) is 0 Å². The fourth-order valence-corrected chi connectivity index (χ4v) is 0.888. The SMILES string of the molecule is CC(C)(C)n1cc(C#CC(N)=O)cn1. The highest BCUT2D eigenvalue weighted by molar-refractivity contribution is 5.92. The number of carbonyl (C=O) groups excluding carboxylic acids is 1. The van der Waals surface area contributed by atoms with Gasteiger partial charge in [0.25, 0.3) is 5.91 Å². The molecule has 0 fully saturated rings. The first kappa shape index (κ1) is 10.3. The highest BCUT2D eigenvalue weighted by Crippen LogP contribution is 2.12. The van der Waals surface area contributed by atoms with Gasteiger partial charge in [-0.3, -0.25) is 9.48 Å². The van der Waals surface area contributed by atoms with E-state index >= 15 is 0 Å². The first-order chi connectivity index (χ1) is 6.39. The lowest BCUT2D eigenvalue weighted by atomic mass is 10.1. The van der Waals surface area contributed by atoms with Crippen LogP contribution >= 0.6 is 0 Å². The Labute approximate surface area is 83.1 Å². The van der Waals surface area contributed by atoms with Crippen molar-refractivity contribution in [3.63, 3.8) is 0 Å². The second-order valence-corrected chi connectivity index (χ2v) is 3.96. The molecule has 0 atom stereocenters. The van der Waals surface area contributed by atoms with Gasteiger partial charge < -0.3 is 5.73 Å². The molecule has 0 saturated carbocycles. The number of carbonyl (C=O) groups is 1. The molecule has 0 bridgehead atoms. The molecule has 0 spiro atoms. The summed E-state index contributed by atoms with van der Waals surface area (Å²) in [5.41, 5.74) is 5.51. The van der Waals surface area contributed by atoms with Gasteiger partial charge in [-0.15, -0.1) is 0 Å². The van der Waals surface area contributed by atoms with Crippen molar-refractivity contribution >= 4 is 5.91 Å². The Bertz CT molecular complexity index is 401. The van der Waals surface area contributed by atoms with Crippen molar-refractivity contribution in [2.75, 3.05) is 0 Å². The Hall–Kier alpha value is -1.76. The summed E-state index contributed by atoms with van der Waals surface area (Å²) < 4.78 is 1.79. The van der Waals surface area contributed by atoms with Crippen LogP contribution < -0.4 is 5.73 Å². The number of aromatic nitrogens is 2. The van der Waals surface area contributed by atoms with Gasteiger partial charge in [0.1, 0.15) is 0 Å². The van der Waals surface area contributed by atoms with Crippen LogP contribution in [0.25, 0.3) is 0 Å². The lowest BCUT2D eigenvalue weighted by Gasteiger charge is -2.18. The molecule has 4 nitrogen and oxygen atoms in total. The topological polar surface area (TPSA) is 60.9 Å². The zero-order valence-electron chi connectivity index (χ0n) is 8.53. The standard InChI is InChI=1S/C10H13N3O/c1-10(2,3)13-7-8(6-12-13)4-5-9(11)14/h6-7H,1-3H3,(H2,11,14). The zero-order chi connectivity index (χ0) is 10.8. The highest BCUT2D eigenvalue weighted by atomic mass is 16.1. The largest absolute Gasteiger partial charge is 0.359 e. The smallest absolute Gasteiger partial charge is 0.293 e. The lowest BCUT2D eigenvalue weighted by Crippen LogP contribution is -2.21. The molecule has 0 aliphatic heterocycles. The number of amides is 1. The molecule has 1 aromatic rings. The maximum atomic E-state index is 10.4. The van der Waals surface area contributed by atoms with E-state index in [0.29, 0.717) is 5.56 Å². The van der Waals surface area contributed by atoms with Crippen LogP contribution in [0.2, 0.25) is 0 Å². The van der Waals surface area contributed by atoms with E-state index < -0.39 is 5.91 Å². The predicted molar refractivity (Wildman–Crippen MR) is 53.3 cm³/mol. The number of hydrogen-bond acceptors (Lipinski definition) is 2. The molecule has 1 rings (SSSR count). The van der Waals surface area contributed by atoms with Crippen molar-refractivity contribution < 1.29 is 4.79 Å². The highest BCUT2D eigenvalue weighted by Gasteiger charge is 2.13. The molecule has 1 heterocycles. The van der Waals surface area contributed by atoms with Crippen LogP contribution in [0.15, 0.2) is 12.4 Å². The Morgan fingerprint density at radius 2 is 2.21 bits per heavy atom. The second-order valence-electron chi connectivity index (χ2n) is 3.96. The van der Waals surface area contributed by atoms with E-state index in [1.54, 1.807) is 17.1 Å². The van der Waals surface area contributed by atoms with Crippen molar-refractivity contribution in [3.8, 4) is 11.8 Å². The van der Waals surface area contributed by atoms with Crippen molar-refractivity contribution in [3.05, 3.63) is 18.0 Å². The third-order valence-corrected chi connectivity index (χ3v) is 1.60. The molecule has 0 aliphatic rings. The zero-order valence-corrected chi connectivity index (χ0v) is 8.53. The van der Waals surface area contributed by atoms with Crippen LogP contribution in [0, 0.1) is 11.8 Å². The molecule has 0 aliphatic carbocycles. The summed E-state index contributed by atoms with van der Waals surface area (Å²) in [4.78, 5) is 10.4. The van der Waals surface area contributed by atoms with Gasteiger partial charge in [0.05, 0.1) is 17.3 Å². The Kier molecular flexibility index (Phi) is 2.61. The molecular weight excluding hydrogens is 178 g/mol. The third-order valence-electron chi connectivity index (χ3n) is 1.60. The predicted octanol–water partition coefficient (Wildman–Crippen LogP) is 0.475. The third kappa shape index (κ3) is 2.63. The molecule has 4 heteroatoms. The summed E-state index contributed by atoms with van der Waals surface area (Å²) >= 11 is 0. The summed E-state index contributed by atoms with van der Waals surface area (Å²) in [7, 11) is 0. The minimum Gasteiger partial charge on any atom is -0.359 e. The Morgan fingerprint density at radius 3 is 2.64 bits per heavy atom. The second kappa shape index (κ2) is 3.54. The van der Waals surface area contributed by atoms with Crippen LogP contribution in [-0.2, 0) is 10.3 Å². The number of rotatable bonds is 0. The maximum absolute atomic E-state index is 10.4. The van der Waals surface area contributed by atoms with Gasteiger partial charge in [-0.25, -0.2) is 0 Å².